The summed E-state index contributed by atoms with van der Waals surface area (Å²) in [5.74, 6) is 0.772. The molecular weight excluding hydrogens is 262 g/mol. The van der Waals surface area contributed by atoms with Gasteiger partial charge in [0.2, 0.25) is 0 Å². The normalized spacial score (nSPS) is 10.8. The van der Waals surface area contributed by atoms with Gasteiger partial charge in [-0.3, -0.25) is 0 Å². The first-order valence-electron chi connectivity index (χ1n) is 5.86. The van der Waals surface area contributed by atoms with Gasteiger partial charge in [0.1, 0.15) is 17.9 Å². The molecule has 0 saturated heterocycles. The fourth-order valence-electron chi connectivity index (χ4n) is 1.90. The van der Waals surface area contributed by atoms with Gasteiger partial charge in [0.15, 0.2) is 0 Å². The van der Waals surface area contributed by atoms with Gasteiger partial charge in [-0.15, -0.1) is 0 Å². The smallest absolute Gasteiger partial charge is 0.136 e. The van der Waals surface area contributed by atoms with E-state index < -0.39 is 0 Å². The van der Waals surface area contributed by atoms with Crippen LogP contribution in [0.15, 0.2) is 53.1 Å². The number of rotatable bonds is 3. The molecule has 0 spiro atoms. The second kappa shape index (κ2) is 4.86. The van der Waals surface area contributed by atoms with Crippen LogP contribution >= 0.6 is 11.6 Å². The van der Waals surface area contributed by atoms with Gasteiger partial charge in [0.25, 0.3) is 0 Å². The quantitative estimate of drug-likeness (QED) is 0.726. The van der Waals surface area contributed by atoms with Crippen molar-refractivity contribution >= 4 is 28.3 Å². The van der Waals surface area contributed by atoms with Crippen molar-refractivity contribution in [3.8, 4) is 5.75 Å². The van der Waals surface area contributed by atoms with Crippen molar-refractivity contribution in [1.82, 2.24) is 0 Å². The fraction of sp³-hybridized carbons (Fsp3) is 0.0667. The summed E-state index contributed by atoms with van der Waals surface area (Å²) in [6.07, 6.45) is 1.69. The minimum absolute atomic E-state index is 0.443. The number of benzene rings is 2. The Morgan fingerprint density at radius 1 is 1.11 bits per heavy atom. The van der Waals surface area contributed by atoms with E-state index in [-0.39, 0.29) is 0 Å². The van der Waals surface area contributed by atoms with E-state index in [0.29, 0.717) is 17.3 Å². The first kappa shape index (κ1) is 11.9. The Bertz CT molecular complexity index is 704. The summed E-state index contributed by atoms with van der Waals surface area (Å²) >= 11 is 5.82. The molecular formula is C15H12ClNO2. The molecule has 0 bridgehead atoms. The zero-order chi connectivity index (χ0) is 13.2. The maximum absolute atomic E-state index is 5.82. The van der Waals surface area contributed by atoms with Crippen molar-refractivity contribution in [2.45, 2.75) is 6.61 Å². The number of furan rings is 1. The summed E-state index contributed by atoms with van der Waals surface area (Å²) in [7, 11) is 0. The topological polar surface area (TPSA) is 48.4 Å². The summed E-state index contributed by atoms with van der Waals surface area (Å²) < 4.78 is 11.2. The zero-order valence-electron chi connectivity index (χ0n) is 10.1. The molecule has 1 aromatic heterocycles. The van der Waals surface area contributed by atoms with E-state index in [1.165, 1.54) is 0 Å². The summed E-state index contributed by atoms with van der Waals surface area (Å²) in [4.78, 5) is 0. The second-order valence-electron chi connectivity index (χ2n) is 4.26. The highest BCUT2D eigenvalue weighted by atomic mass is 35.5. The Labute approximate surface area is 115 Å². The molecule has 4 heteroatoms. The molecule has 0 aliphatic carbocycles. The monoisotopic (exact) mass is 273 g/mol. The Morgan fingerprint density at radius 2 is 1.89 bits per heavy atom. The van der Waals surface area contributed by atoms with Crippen LogP contribution in [0, 0.1) is 0 Å². The van der Waals surface area contributed by atoms with Crippen LogP contribution in [0.5, 0.6) is 5.75 Å². The van der Waals surface area contributed by atoms with Crippen LogP contribution in [0.2, 0.25) is 5.02 Å². The molecule has 3 nitrogen and oxygen atoms in total. The standard InChI is InChI=1S/C15H12ClNO2/c16-11-1-4-13(5-2-11)18-8-10-9-19-15-7-12(17)3-6-14(10)15/h1-7,9H,8,17H2. The summed E-state index contributed by atoms with van der Waals surface area (Å²) in [6, 6.07) is 12.9. The van der Waals surface area contributed by atoms with E-state index in [1.807, 2.05) is 24.3 Å². The minimum atomic E-state index is 0.443. The fourth-order valence-corrected chi connectivity index (χ4v) is 2.03. The predicted octanol–water partition coefficient (Wildman–Crippen LogP) is 4.25. The van der Waals surface area contributed by atoms with Crippen LogP contribution in [0.1, 0.15) is 5.56 Å². The first-order valence-corrected chi connectivity index (χ1v) is 6.24. The van der Waals surface area contributed by atoms with E-state index >= 15 is 0 Å². The van der Waals surface area contributed by atoms with Crippen molar-refractivity contribution in [2.75, 3.05) is 5.73 Å². The van der Waals surface area contributed by atoms with Crippen molar-refractivity contribution in [3.63, 3.8) is 0 Å². The second-order valence-corrected chi connectivity index (χ2v) is 4.70. The number of hydrogen-bond donors (Lipinski definition) is 1. The van der Waals surface area contributed by atoms with Crippen molar-refractivity contribution < 1.29 is 9.15 Å². The molecule has 0 unspecified atom stereocenters. The molecule has 0 amide bonds. The summed E-state index contributed by atoms with van der Waals surface area (Å²) in [6.45, 7) is 0.443. The van der Waals surface area contributed by atoms with Gasteiger partial charge in [-0.25, -0.2) is 0 Å². The maximum Gasteiger partial charge on any atom is 0.136 e. The Morgan fingerprint density at radius 3 is 2.68 bits per heavy atom. The van der Waals surface area contributed by atoms with Gasteiger partial charge in [-0.2, -0.15) is 0 Å². The van der Waals surface area contributed by atoms with E-state index in [1.54, 1.807) is 24.5 Å². The van der Waals surface area contributed by atoms with Crippen molar-refractivity contribution in [2.24, 2.45) is 0 Å². The predicted molar refractivity (Wildman–Crippen MR) is 76.4 cm³/mol. The summed E-state index contributed by atoms with van der Waals surface area (Å²) in [5.41, 5.74) is 8.16. The molecule has 0 aliphatic rings. The largest absolute Gasteiger partial charge is 0.489 e. The molecule has 0 fully saturated rings. The number of hydrogen-bond acceptors (Lipinski definition) is 3. The molecule has 19 heavy (non-hydrogen) atoms. The van der Waals surface area contributed by atoms with E-state index in [9.17, 15) is 0 Å². The minimum Gasteiger partial charge on any atom is -0.489 e. The number of anilines is 1. The van der Waals surface area contributed by atoms with Gasteiger partial charge in [0, 0.05) is 27.7 Å². The molecule has 1 heterocycles. The van der Waals surface area contributed by atoms with Crippen LogP contribution in [-0.2, 0) is 6.61 Å². The van der Waals surface area contributed by atoms with E-state index in [2.05, 4.69) is 0 Å². The third kappa shape index (κ3) is 2.51. The molecule has 0 saturated carbocycles. The number of fused-ring (bicyclic) bond motifs is 1. The SMILES string of the molecule is Nc1ccc2c(COc3ccc(Cl)cc3)coc2c1. The van der Waals surface area contributed by atoms with Gasteiger partial charge in [-0.05, 0) is 36.4 Å². The lowest BCUT2D eigenvalue weighted by Crippen LogP contribution is -1.94. The van der Waals surface area contributed by atoms with Gasteiger partial charge < -0.3 is 14.9 Å². The van der Waals surface area contributed by atoms with Crippen molar-refractivity contribution in [3.05, 3.63) is 59.3 Å². The molecule has 0 radical (unpaired) electrons. The third-order valence-corrected chi connectivity index (χ3v) is 3.14. The lowest BCUT2D eigenvalue weighted by molar-refractivity contribution is 0.306. The molecule has 2 aromatic carbocycles. The van der Waals surface area contributed by atoms with Crippen LogP contribution in [0.3, 0.4) is 0 Å². The molecule has 0 aliphatic heterocycles. The number of nitrogens with two attached hydrogens (primary N) is 1. The highest BCUT2D eigenvalue weighted by molar-refractivity contribution is 6.30. The first-order chi connectivity index (χ1) is 9.22. The Hall–Kier alpha value is -2.13. The Kier molecular flexibility index (Phi) is 3.05. The van der Waals surface area contributed by atoms with E-state index in [4.69, 9.17) is 26.5 Å². The van der Waals surface area contributed by atoms with Crippen LogP contribution < -0.4 is 10.5 Å². The van der Waals surface area contributed by atoms with Gasteiger partial charge in [0.05, 0.1) is 6.26 Å². The van der Waals surface area contributed by atoms with Crippen LogP contribution in [0.4, 0.5) is 5.69 Å². The highest BCUT2D eigenvalue weighted by Gasteiger charge is 2.06. The number of nitrogen functional groups attached to an aromatic ring is 1. The maximum atomic E-state index is 5.82. The molecule has 96 valence electrons. The zero-order valence-corrected chi connectivity index (χ0v) is 10.9. The van der Waals surface area contributed by atoms with Crippen LogP contribution in [0.25, 0.3) is 11.0 Å². The highest BCUT2D eigenvalue weighted by Crippen LogP contribution is 2.25. The molecule has 3 aromatic rings. The average Bonchev–Trinajstić information content (AvgIpc) is 2.80. The van der Waals surface area contributed by atoms with E-state index in [0.717, 1.165) is 22.3 Å². The lowest BCUT2D eigenvalue weighted by atomic mass is 10.2. The Balaban J connectivity index is 1.80. The van der Waals surface area contributed by atoms with Gasteiger partial charge >= 0.3 is 0 Å². The van der Waals surface area contributed by atoms with Crippen LogP contribution in [-0.4, -0.2) is 0 Å². The third-order valence-electron chi connectivity index (χ3n) is 2.89. The lowest BCUT2D eigenvalue weighted by Gasteiger charge is -2.04. The van der Waals surface area contributed by atoms with Gasteiger partial charge in [-0.1, -0.05) is 11.6 Å². The molecule has 2 N–H and O–H groups in total. The summed E-state index contributed by atoms with van der Waals surface area (Å²) in [5, 5.41) is 1.71. The average molecular weight is 274 g/mol. The molecule has 0 atom stereocenters. The molecule has 3 rings (SSSR count). The van der Waals surface area contributed by atoms with Crippen molar-refractivity contribution in [1.29, 1.82) is 0 Å². The number of halogens is 1. The number of ether oxygens (including phenoxy) is 1.